The molecule has 3 N–H and O–H groups in total. The summed E-state index contributed by atoms with van der Waals surface area (Å²) in [4.78, 5) is 0. The average Bonchev–Trinajstić information content (AvgIpc) is 2.57. The lowest BCUT2D eigenvalue weighted by molar-refractivity contribution is 0.469. The van der Waals surface area contributed by atoms with E-state index in [0.29, 0.717) is 0 Å². The minimum Gasteiger partial charge on any atom is -0.508 e. The number of hydrogen-bond donors (Lipinski definition) is 3. The topological polar surface area (TPSA) is 60.7 Å². The molecule has 0 atom stereocenters. The molecule has 0 radical (unpaired) electrons. The number of aromatic hydroxyl groups is 3. The molecule has 0 bridgehead atoms. The van der Waals surface area contributed by atoms with Crippen LogP contribution in [0.3, 0.4) is 0 Å². The highest BCUT2D eigenvalue weighted by molar-refractivity contribution is 5.55. The highest BCUT2D eigenvalue weighted by Gasteiger charge is 2.22. The average molecular weight is 348 g/mol. The summed E-state index contributed by atoms with van der Waals surface area (Å²) in [7, 11) is 0. The van der Waals surface area contributed by atoms with Crippen LogP contribution in [0.4, 0.5) is 0 Å². The number of benzene rings is 3. The lowest BCUT2D eigenvalue weighted by atomic mass is 9.80. The summed E-state index contributed by atoms with van der Waals surface area (Å²) < 4.78 is 0. The van der Waals surface area contributed by atoms with Gasteiger partial charge < -0.3 is 15.3 Å². The van der Waals surface area contributed by atoms with Crippen molar-refractivity contribution in [1.29, 1.82) is 0 Å². The molecule has 0 unspecified atom stereocenters. The summed E-state index contributed by atoms with van der Waals surface area (Å²) in [5, 5.41) is 30.1. The van der Waals surface area contributed by atoms with Gasteiger partial charge in [0.1, 0.15) is 17.2 Å². The largest absolute Gasteiger partial charge is 0.508 e. The maximum Gasteiger partial charge on any atom is 0.118 e. The van der Waals surface area contributed by atoms with Gasteiger partial charge in [-0.2, -0.15) is 0 Å². The smallest absolute Gasteiger partial charge is 0.118 e. The van der Waals surface area contributed by atoms with Crippen LogP contribution in [0, 0.1) is 27.7 Å². The lowest BCUT2D eigenvalue weighted by Gasteiger charge is -2.24. The van der Waals surface area contributed by atoms with Crippen LogP contribution < -0.4 is 0 Å². The van der Waals surface area contributed by atoms with Gasteiger partial charge in [-0.15, -0.1) is 0 Å². The van der Waals surface area contributed by atoms with Crippen molar-refractivity contribution in [2.24, 2.45) is 0 Å². The minimum atomic E-state index is -0.110. The molecule has 0 aliphatic heterocycles. The van der Waals surface area contributed by atoms with Gasteiger partial charge in [-0.3, -0.25) is 0 Å². The predicted octanol–water partition coefficient (Wildman–Crippen LogP) is 5.22. The fraction of sp³-hybridized carbons (Fsp3) is 0.217. The first-order valence-corrected chi connectivity index (χ1v) is 8.67. The van der Waals surface area contributed by atoms with Gasteiger partial charge in [0.15, 0.2) is 0 Å². The van der Waals surface area contributed by atoms with Crippen molar-refractivity contribution in [3.8, 4) is 17.2 Å². The van der Waals surface area contributed by atoms with Crippen molar-refractivity contribution in [3.05, 3.63) is 87.5 Å². The molecule has 3 heteroatoms. The van der Waals surface area contributed by atoms with Crippen LogP contribution in [0.5, 0.6) is 17.2 Å². The molecule has 0 fully saturated rings. The molecule has 0 heterocycles. The summed E-state index contributed by atoms with van der Waals surface area (Å²) in [6.45, 7) is 7.72. The molecular weight excluding hydrogens is 324 g/mol. The lowest BCUT2D eigenvalue weighted by Crippen LogP contribution is -2.08. The summed E-state index contributed by atoms with van der Waals surface area (Å²) in [5.41, 5.74) is 6.68. The van der Waals surface area contributed by atoms with Gasteiger partial charge in [0, 0.05) is 5.92 Å². The van der Waals surface area contributed by atoms with E-state index < -0.39 is 0 Å². The summed E-state index contributed by atoms with van der Waals surface area (Å²) >= 11 is 0. The molecule has 3 nitrogen and oxygen atoms in total. The van der Waals surface area contributed by atoms with Crippen molar-refractivity contribution in [1.82, 2.24) is 0 Å². The Morgan fingerprint density at radius 3 is 1.58 bits per heavy atom. The zero-order valence-electron chi connectivity index (χ0n) is 15.5. The molecule has 0 aromatic heterocycles. The molecule has 0 saturated carbocycles. The van der Waals surface area contributed by atoms with Crippen molar-refractivity contribution in [2.75, 3.05) is 0 Å². The summed E-state index contributed by atoms with van der Waals surface area (Å²) in [6.07, 6.45) is 0. The maximum absolute atomic E-state index is 10.1. The Bertz CT molecular complexity index is 916. The monoisotopic (exact) mass is 348 g/mol. The van der Waals surface area contributed by atoms with E-state index in [1.165, 1.54) is 0 Å². The quantitative estimate of drug-likeness (QED) is 0.569. The van der Waals surface area contributed by atoms with E-state index in [1.807, 2.05) is 52.0 Å². The van der Waals surface area contributed by atoms with E-state index in [1.54, 1.807) is 24.3 Å². The summed E-state index contributed by atoms with van der Waals surface area (Å²) in [6, 6.07) is 14.8. The van der Waals surface area contributed by atoms with Gasteiger partial charge in [0.2, 0.25) is 0 Å². The Labute approximate surface area is 154 Å². The molecule has 26 heavy (non-hydrogen) atoms. The van der Waals surface area contributed by atoms with Crippen LogP contribution in [0.2, 0.25) is 0 Å². The van der Waals surface area contributed by atoms with Crippen molar-refractivity contribution in [2.45, 2.75) is 33.6 Å². The Morgan fingerprint density at radius 2 is 1.12 bits per heavy atom. The third-order valence-corrected chi connectivity index (χ3v) is 4.99. The Balaban J connectivity index is 2.31. The number of hydrogen-bond acceptors (Lipinski definition) is 3. The van der Waals surface area contributed by atoms with Gasteiger partial charge in [-0.1, -0.05) is 24.3 Å². The summed E-state index contributed by atoms with van der Waals surface area (Å²) in [5.74, 6) is 0.661. The van der Waals surface area contributed by atoms with E-state index >= 15 is 0 Å². The number of rotatable bonds is 3. The van der Waals surface area contributed by atoms with Crippen LogP contribution in [0.15, 0.2) is 48.5 Å². The van der Waals surface area contributed by atoms with Crippen LogP contribution >= 0.6 is 0 Å². The molecular formula is C23H24O3. The first-order valence-electron chi connectivity index (χ1n) is 8.67. The first kappa shape index (κ1) is 17.9. The highest BCUT2D eigenvalue weighted by Crippen LogP contribution is 2.40. The molecule has 0 aliphatic rings. The van der Waals surface area contributed by atoms with Gasteiger partial charge in [0.05, 0.1) is 0 Å². The molecule has 134 valence electrons. The van der Waals surface area contributed by atoms with E-state index in [0.717, 1.165) is 38.9 Å². The molecule has 3 rings (SSSR count). The van der Waals surface area contributed by atoms with Crippen molar-refractivity contribution >= 4 is 0 Å². The first-order chi connectivity index (χ1) is 12.3. The second-order valence-corrected chi connectivity index (χ2v) is 7.02. The fourth-order valence-corrected chi connectivity index (χ4v) is 3.50. The van der Waals surface area contributed by atoms with Crippen LogP contribution in [0.1, 0.15) is 44.9 Å². The fourth-order valence-electron chi connectivity index (χ4n) is 3.50. The molecule has 0 spiro atoms. The van der Waals surface area contributed by atoms with Crippen molar-refractivity contribution in [3.63, 3.8) is 0 Å². The molecule has 3 aromatic carbocycles. The number of phenolic OH excluding ortho intramolecular Hbond substituents is 3. The maximum atomic E-state index is 10.1. The Kier molecular flexibility index (Phi) is 4.64. The van der Waals surface area contributed by atoms with Gasteiger partial charge in [-0.25, -0.2) is 0 Å². The van der Waals surface area contributed by atoms with Crippen LogP contribution in [0.25, 0.3) is 0 Å². The zero-order valence-corrected chi connectivity index (χ0v) is 15.5. The molecule has 0 aliphatic carbocycles. The minimum absolute atomic E-state index is 0.110. The molecule has 0 amide bonds. The zero-order chi connectivity index (χ0) is 19.0. The third kappa shape index (κ3) is 3.25. The van der Waals surface area contributed by atoms with E-state index in [-0.39, 0.29) is 23.2 Å². The normalized spacial score (nSPS) is 11.1. The Hall–Kier alpha value is -2.94. The highest BCUT2D eigenvalue weighted by atomic mass is 16.3. The second-order valence-electron chi connectivity index (χ2n) is 7.02. The van der Waals surface area contributed by atoms with Gasteiger partial charge >= 0.3 is 0 Å². The van der Waals surface area contributed by atoms with Gasteiger partial charge in [0.25, 0.3) is 0 Å². The van der Waals surface area contributed by atoms with E-state index in [2.05, 4.69) is 0 Å². The number of aryl methyl sites for hydroxylation is 4. The molecule has 3 aromatic rings. The van der Waals surface area contributed by atoms with E-state index in [9.17, 15) is 15.3 Å². The second kappa shape index (κ2) is 6.75. The third-order valence-electron chi connectivity index (χ3n) is 4.99. The predicted molar refractivity (Wildman–Crippen MR) is 104 cm³/mol. The van der Waals surface area contributed by atoms with Crippen LogP contribution in [-0.4, -0.2) is 15.3 Å². The van der Waals surface area contributed by atoms with Crippen LogP contribution in [-0.2, 0) is 0 Å². The standard InChI is InChI=1S/C23H24O3/c1-13-10-21(25)15(3)8-19(13)23(17-6-5-7-18(24)12-17)20-9-16(4)22(26)11-14(20)2/h5-12,23-26H,1-4H3. The SMILES string of the molecule is Cc1cc(C(c2cccc(O)c2)c2cc(C)c(O)cc2C)c(C)cc1O. The Morgan fingerprint density at radius 1 is 0.615 bits per heavy atom. The van der Waals surface area contributed by atoms with Gasteiger partial charge in [-0.05, 0) is 90.9 Å². The van der Waals surface area contributed by atoms with E-state index in [4.69, 9.17) is 0 Å². The molecule has 0 saturated heterocycles. The van der Waals surface area contributed by atoms with Crippen molar-refractivity contribution < 1.29 is 15.3 Å². The number of phenols is 3.